The van der Waals surface area contributed by atoms with E-state index in [0.29, 0.717) is 31.5 Å². The number of aromatic nitrogens is 1. The molecule has 1 aromatic heterocycles. The number of nitrogens with zero attached hydrogens (tertiary/aromatic N) is 2. The molecule has 2 N–H and O–H groups in total. The molecule has 1 heterocycles. The molecule has 1 aromatic carbocycles. The number of hydrogen-bond acceptors (Lipinski definition) is 4. The molecule has 136 valence electrons. The monoisotopic (exact) mass is 344 g/mol. The van der Waals surface area contributed by atoms with E-state index in [1.807, 2.05) is 31.2 Å². The number of benzene rings is 1. The van der Waals surface area contributed by atoms with Crippen LogP contribution in [-0.4, -0.2) is 24.6 Å². The Labute approximate surface area is 149 Å². The predicted octanol–water partition coefficient (Wildman–Crippen LogP) is 3.24. The molecule has 6 nitrogen and oxygen atoms in total. The summed E-state index contributed by atoms with van der Waals surface area (Å²) in [6, 6.07) is 8.01. The quantitative estimate of drug-likeness (QED) is 0.622. The molecule has 0 aliphatic rings. The van der Waals surface area contributed by atoms with Crippen molar-refractivity contribution in [2.75, 3.05) is 13.7 Å². The van der Waals surface area contributed by atoms with Crippen LogP contribution in [0.3, 0.4) is 0 Å². The Morgan fingerprint density at radius 3 is 2.64 bits per heavy atom. The largest absolute Gasteiger partial charge is 0.494 e. The van der Waals surface area contributed by atoms with Crippen LogP contribution in [0.4, 0.5) is 0 Å². The van der Waals surface area contributed by atoms with E-state index in [0.717, 1.165) is 17.1 Å². The minimum absolute atomic E-state index is 0.0449. The van der Waals surface area contributed by atoms with Crippen molar-refractivity contribution in [3.8, 4) is 5.75 Å². The third kappa shape index (κ3) is 5.81. The zero-order valence-electron chi connectivity index (χ0n) is 15.7. The molecule has 2 aromatic rings. The number of oxazole rings is 1. The van der Waals surface area contributed by atoms with Gasteiger partial charge in [0.25, 0.3) is 0 Å². The molecule has 0 amide bonds. The summed E-state index contributed by atoms with van der Waals surface area (Å²) < 4.78 is 11.3. The van der Waals surface area contributed by atoms with E-state index in [4.69, 9.17) is 9.15 Å². The van der Waals surface area contributed by atoms with Crippen LogP contribution in [0.1, 0.15) is 44.9 Å². The average molecular weight is 344 g/mol. The number of rotatable bonds is 6. The molecule has 0 bridgehead atoms. The summed E-state index contributed by atoms with van der Waals surface area (Å²) in [7, 11) is 1.74. The molecule has 0 saturated carbocycles. The molecule has 0 spiro atoms. The third-order valence-corrected chi connectivity index (χ3v) is 3.59. The lowest BCUT2D eigenvalue weighted by Crippen LogP contribution is -2.36. The second kappa shape index (κ2) is 8.55. The van der Waals surface area contributed by atoms with Gasteiger partial charge in [0.2, 0.25) is 5.89 Å². The van der Waals surface area contributed by atoms with E-state index in [9.17, 15) is 0 Å². The fourth-order valence-corrected chi connectivity index (χ4v) is 2.22. The van der Waals surface area contributed by atoms with Gasteiger partial charge >= 0.3 is 0 Å². The number of nitrogens with one attached hydrogen (secondary N) is 2. The summed E-state index contributed by atoms with van der Waals surface area (Å²) in [5.74, 6) is 3.09. The van der Waals surface area contributed by atoms with Crippen molar-refractivity contribution < 1.29 is 9.15 Å². The lowest BCUT2D eigenvalue weighted by molar-refractivity contribution is 0.340. The van der Waals surface area contributed by atoms with Crippen molar-refractivity contribution >= 4 is 5.96 Å². The van der Waals surface area contributed by atoms with E-state index in [1.165, 1.54) is 0 Å². The van der Waals surface area contributed by atoms with Gasteiger partial charge in [0.1, 0.15) is 11.5 Å². The minimum Gasteiger partial charge on any atom is -0.494 e. The van der Waals surface area contributed by atoms with Gasteiger partial charge in [0.05, 0.1) is 19.3 Å². The van der Waals surface area contributed by atoms with Crippen LogP contribution in [0.15, 0.2) is 39.9 Å². The number of hydrogen-bond donors (Lipinski definition) is 2. The Morgan fingerprint density at radius 1 is 1.24 bits per heavy atom. The summed E-state index contributed by atoms with van der Waals surface area (Å²) in [5.41, 5.74) is 1.08. The topological polar surface area (TPSA) is 71.7 Å². The van der Waals surface area contributed by atoms with Crippen LogP contribution < -0.4 is 15.4 Å². The molecular weight excluding hydrogens is 316 g/mol. The smallest absolute Gasteiger partial charge is 0.213 e. The second-order valence-electron chi connectivity index (χ2n) is 6.73. The van der Waals surface area contributed by atoms with Crippen LogP contribution >= 0.6 is 0 Å². The maximum Gasteiger partial charge on any atom is 0.213 e. The highest BCUT2D eigenvalue weighted by atomic mass is 16.5. The van der Waals surface area contributed by atoms with Gasteiger partial charge in [-0.3, -0.25) is 4.99 Å². The normalized spacial score (nSPS) is 12.1. The van der Waals surface area contributed by atoms with Gasteiger partial charge in [-0.25, -0.2) is 4.98 Å². The Kier molecular flexibility index (Phi) is 6.44. The molecule has 6 heteroatoms. The van der Waals surface area contributed by atoms with Crippen molar-refractivity contribution in [2.24, 2.45) is 4.99 Å². The molecule has 0 aliphatic heterocycles. The van der Waals surface area contributed by atoms with E-state index in [2.05, 4.69) is 41.4 Å². The van der Waals surface area contributed by atoms with Gasteiger partial charge in [-0.05, 0) is 24.6 Å². The first-order valence-corrected chi connectivity index (χ1v) is 8.54. The highest BCUT2D eigenvalue weighted by Crippen LogP contribution is 2.22. The summed E-state index contributed by atoms with van der Waals surface area (Å²) >= 11 is 0. The van der Waals surface area contributed by atoms with Gasteiger partial charge in [-0.2, -0.15) is 0 Å². The second-order valence-corrected chi connectivity index (χ2v) is 6.73. The molecular formula is C19H28N4O2. The van der Waals surface area contributed by atoms with Crippen LogP contribution in [0.5, 0.6) is 5.75 Å². The van der Waals surface area contributed by atoms with Crippen molar-refractivity contribution in [2.45, 2.75) is 46.2 Å². The molecule has 0 atom stereocenters. The van der Waals surface area contributed by atoms with Crippen LogP contribution in [0, 0.1) is 0 Å². The van der Waals surface area contributed by atoms with Crippen molar-refractivity contribution in [1.82, 2.24) is 15.6 Å². The van der Waals surface area contributed by atoms with E-state index >= 15 is 0 Å². The number of aliphatic imine (C=N–C) groups is 1. The maximum atomic E-state index is 5.78. The molecule has 0 unspecified atom stereocenters. The van der Waals surface area contributed by atoms with Crippen LogP contribution in [-0.2, 0) is 18.5 Å². The van der Waals surface area contributed by atoms with Gasteiger partial charge in [0, 0.05) is 19.0 Å². The standard InChI is InChI=1S/C19H28N4O2/c1-6-24-15-9-7-8-14(10-15)11-22-18(20-5)23-13-17-21-12-16(25-17)19(2,3)4/h7-10,12H,6,11,13H2,1-5H3,(H2,20,22,23). The summed E-state index contributed by atoms with van der Waals surface area (Å²) in [6.07, 6.45) is 1.78. The van der Waals surface area contributed by atoms with E-state index in [-0.39, 0.29) is 5.41 Å². The molecule has 0 aliphatic carbocycles. The van der Waals surface area contributed by atoms with Crippen molar-refractivity contribution in [1.29, 1.82) is 0 Å². The predicted molar refractivity (Wildman–Crippen MR) is 99.9 cm³/mol. The number of guanidine groups is 1. The van der Waals surface area contributed by atoms with Crippen LogP contribution in [0.2, 0.25) is 0 Å². The van der Waals surface area contributed by atoms with E-state index in [1.54, 1.807) is 13.2 Å². The van der Waals surface area contributed by atoms with Crippen LogP contribution in [0.25, 0.3) is 0 Å². The molecule has 2 rings (SSSR count). The van der Waals surface area contributed by atoms with Gasteiger partial charge in [-0.1, -0.05) is 32.9 Å². The zero-order chi connectivity index (χ0) is 18.3. The lowest BCUT2D eigenvalue weighted by atomic mass is 9.94. The van der Waals surface area contributed by atoms with E-state index < -0.39 is 0 Å². The average Bonchev–Trinajstić information content (AvgIpc) is 3.05. The Hall–Kier alpha value is -2.50. The fraction of sp³-hybridized carbons (Fsp3) is 0.474. The van der Waals surface area contributed by atoms with Gasteiger partial charge in [-0.15, -0.1) is 0 Å². The zero-order valence-corrected chi connectivity index (χ0v) is 15.7. The third-order valence-electron chi connectivity index (χ3n) is 3.59. The number of ether oxygens (including phenoxy) is 1. The first-order valence-electron chi connectivity index (χ1n) is 8.54. The molecule has 0 radical (unpaired) electrons. The highest BCUT2D eigenvalue weighted by molar-refractivity contribution is 5.79. The Bertz CT molecular complexity index is 701. The molecule has 25 heavy (non-hydrogen) atoms. The maximum absolute atomic E-state index is 5.78. The Morgan fingerprint density at radius 2 is 2.00 bits per heavy atom. The Balaban J connectivity index is 1.87. The lowest BCUT2D eigenvalue weighted by Gasteiger charge is -2.13. The molecule has 0 saturated heterocycles. The van der Waals surface area contributed by atoms with Crippen molar-refractivity contribution in [3.05, 3.63) is 47.7 Å². The SMILES string of the molecule is CCOc1cccc(CNC(=NC)NCc2ncc(C(C)(C)C)o2)c1. The summed E-state index contributed by atoms with van der Waals surface area (Å²) in [4.78, 5) is 8.54. The molecule has 0 fully saturated rings. The highest BCUT2D eigenvalue weighted by Gasteiger charge is 2.19. The summed E-state index contributed by atoms with van der Waals surface area (Å²) in [5, 5.41) is 6.49. The van der Waals surface area contributed by atoms with Gasteiger partial charge in [0.15, 0.2) is 5.96 Å². The first-order chi connectivity index (χ1) is 11.9. The van der Waals surface area contributed by atoms with Gasteiger partial charge < -0.3 is 19.8 Å². The van der Waals surface area contributed by atoms with Crippen molar-refractivity contribution in [3.63, 3.8) is 0 Å². The fourth-order valence-electron chi connectivity index (χ4n) is 2.22. The minimum atomic E-state index is -0.0449. The first kappa shape index (κ1) is 18.8. The summed E-state index contributed by atoms with van der Waals surface area (Å²) in [6.45, 7) is 10.1.